The van der Waals surface area contributed by atoms with Crippen LogP contribution < -0.4 is 0 Å². The number of carbonyl (C=O) groups excluding carboxylic acids is 1. The minimum absolute atomic E-state index is 0.00491. The monoisotopic (exact) mass is 229 g/mol. The van der Waals surface area contributed by atoms with Gasteiger partial charge in [-0.25, -0.2) is 9.67 Å². The van der Waals surface area contributed by atoms with Crippen molar-refractivity contribution in [1.29, 1.82) is 0 Å². The Kier molecular flexibility index (Phi) is 3.04. The fourth-order valence-corrected chi connectivity index (χ4v) is 1.62. The van der Waals surface area contributed by atoms with Gasteiger partial charge in [0.2, 0.25) is 0 Å². The molecule has 0 radical (unpaired) electrons. The maximum Gasteiger partial charge on any atom is 0.164 e. The van der Waals surface area contributed by atoms with Gasteiger partial charge in [-0.2, -0.15) is 5.10 Å². The van der Waals surface area contributed by atoms with Crippen LogP contribution in [-0.4, -0.2) is 20.5 Å². The van der Waals surface area contributed by atoms with E-state index in [1.165, 1.54) is 6.92 Å². The van der Waals surface area contributed by atoms with E-state index in [9.17, 15) is 4.79 Å². The number of ketones is 1. The van der Waals surface area contributed by atoms with Crippen LogP contribution in [0.3, 0.4) is 0 Å². The molecule has 0 aliphatic carbocycles. The molecule has 0 amide bonds. The van der Waals surface area contributed by atoms with Crippen LogP contribution in [0.25, 0.3) is 5.82 Å². The molecule has 2 rings (SSSR count). The molecule has 0 aliphatic rings. The molecule has 0 saturated carbocycles. The van der Waals surface area contributed by atoms with Crippen molar-refractivity contribution in [3.05, 3.63) is 41.9 Å². The molecule has 0 N–H and O–H groups in total. The topological polar surface area (TPSA) is 47.8 Å². The highest BCUT2D eigenvalue weighted by molar-refractivity contribution is 5.96. The number of rotatable bonds is 3. The van der Waals surface area contributed by atoms with E-state index in [0.29, 0.717) is 17.3 Å². The predicted octanol–water partition coefficient (Wildman–Crippen LogP) is 2.59. The summed E-state index contributed by atoms with van der Waals surface area (Å²) in [5.74, 6) is 0.947. The molecule has 0 saturated heterocycles. The molecule has 2 heterocycles. The first-order chi connectivity index (χ1) is 8.09. The lowest BCUT2D eigenvalue weighted by Gasteiger charge is -2.05. The van der Waals surface area contributed by atoms with Crippen molar-refractivity contribution < 1.29 is 4.79 Å². The molecule has 0 aromatic carbocycles. The molecule has 0 unspecified atom stereocenters. The smallest absolute Gasteiger partial charge is 0.164 e. The zero-order valence-electron chi connectivity index (χ0n) is 10.2. The molecule has 0 aliphatic heterocycles. The SMILES string of the molecule is CC(=O)c1cccnc1-n1ccc(C(C)C)n1. The lowest BCUT2D eigenvalue weighted by Crippen LogP contribution is -2.06. The van der Waals surface area contributed by atoms with E-state index in [1.54, 1.807) is 23.0 Å². The van der Waals surface area contributed by atoms with Crippen molar-refractivity contribution in [2.45, 2.75) is 26.7 Å². The van der Waals surface area contributed by atoms with Crippen molar-refractivity contribution in [2.24, 2.45) is 0 Å². The van der Waals surface area contributed by atoms with Gasteiger partial charge in [0.1, 0.15) is 0 Å². The number of carbonyl (C=O) groups is 1. The number of hydrogen-bond acceptors (Lipinski definition) is 3. The molecule has 0 atom stereocenters. The fraction of sp³-hybridized carbons (Fsp3) is 0.308. The standard InChI is InChI=1S/C13H15N3O/c1-9(2)12-6-8-16(15-12)13-11(10(3)17)5-4-7-14-13/h4-9H,1-3H3. The number of aromatic nitrogens is 3. The third kappa shape index (κ3) is 2.25. The molecule has 0 bridgehead atoms. The van der Waals surface area contributed by atoms with Crippen molar-refractivity contribution in [1.82, 2.24) is 14.8 Å². The average Bonchev–Trinajstić information content (AvgIpc) is 2.78. The molecule has 4 heteroatoms. The molecule has 0 fully saturated rings. The van der Waals surface area contributed by atoms with E-state index in [2.05, 4.69) is 23.9 Å². The average molecular weight is 229 g/mol. The fourth-order valence-electron chi connectivity index (χ4n) is 1.62. The van der Waals surface area contributed by atoms with Gasteiger partial charge in [-0.15, -0.1) is 0 Å². The zero-order valence-corrected chi connectivity index (χ0v) is 10.2. The normalized spacial score (nSPS) is 10.8. The van der Waals surface area contributed by atoms with E-state index >= 15 is 0 Å². The highest BCUT2D eigenvalue weighted by Gasteiger charge is 2.11. The van der Waals surface area contributed by atoms with Crippen LogP contribution in [0.5, 0.6) is 0 Å². The van der Waals surface area contributed by atoms with Gasteiger partial charge in [0.15, 0.2) is 11.6 Å². The molecule has 2 aromatic rings. The van der Waals surface area contributed by atoms with Crippen LogP contribution in [0.4, 0.5) is 0 Å². The Bertz CT molecular complexity index is 543. The van der Waals surface area contributed by atoms with Gasteiger partial charge in [-0.1, -0.05) is 13.8 Å². The summed E-state index contributed by atoms with van der Waals surface area (Å²) in [5, 5.41) is 4.42. The third-order valence-corrected chi connectivity index (χ3v) is 2.58. The van der Waals surface area contributed by atoms with Crippen LogP contribution in [-0.2, 0) is 0 Å². The van der Waals surface area contributed by atoms with Crippen molar-refractivity contribution >= 4 is 5.78 Å². The van der Waals surface area contributed by atoms with Gasteiger partial charge in [0.25, 0.3) is 0 Å². The first-order valence-electron chi connectivity index (χ1n) is 5.61. The third-order valence-electron chi connectivity index (χ3n) is 2.58. The largest absolute Gasteiger partial charge is 0.294 e. The lowest BCUT2D eigenvalue weighted by molar-refractivity contribution is 0.101. The van der Waals surface area contributed by atoms with Gasteiger partial charge >= 0.3 is 0 Å². The Morgan fingerprint density at radius 2 is 2.12 bits per heavy atom. The second-order valence-electron chi connectivity index (χ2n) is 4.27. The number of Topliss-reactive ketones (excluding diaryl/α,β-unsaturated/α-hetero) is 1. The van der Waals surface area contributed by atoms with Crippen LogP contribution in [0.15, 0.2) is 30.6 Å². The predicted molar refractivity (Wildman–Crippen MR) is 65.5 cm³/mol. The Morgan fingerprint density at radius 3 is 2.71 bits per heavy atom. The van der Waals surface area contributed by atoms with Crippen LogP contribution in [0.1, 0.15) is 42.7 Å². The first-order valence-corrected chi connectivity index (χ1v) is 5.61. The van der Waals surface area contributed by atoms with Crippen molar-refractivity contribution in [3.63, 3.8) is 0 Å². The molecule has 0 spiro atoms. The summed E-state index contributed by atoms with van der Waals surface area (Å²) in [6.07, 6.45) is 3.50. The van der Waals surface area contributed by atoms with Gasteiger partial charge in [0.05, 0.1) is 11.3 Å². The summed E-state index contributed by atoms with van der Waals surface area (Å²) in [6.45, 7) is 5.70. The van der Waals surface area contributed by atoms with E-state index in [1.807, 2.05) is 12.3 Å². The number of nitrogens with zero attached hydrogens (tertiary/aromatic N) is 3. The molecular formula is C13H15N3O. The summed E-state index contributed by atoms with van der Waals surface area (Å²) in [5.41, 5.74) is 1.58. The van der Waals surface area contributed by atoms with Gasteiger partial charge in [-0.3, -0.25) is 4.79 Å². The van der Waals surface area contributed by atoms with Crippen LogP contribution in [0, 0.1) is 0 Å². The van der Waals surface area contributed by atoms with E-state index in [4.69, 9.17) is 0 Å². The zero-order chi connectivity index (χ0) is 12.4. The summed E-state index contributed by atoms with van der Waals surface area (Å²) < 4.78 is 1.66. The maximum atomic E-state index is 11.5. The summed E-state index contributed by atoms with van der Waals surface area (Å²) in [6, 6.07) is 5.47. The molecular weight excluding hydrogens is 214 g/mol. The Balaban J connectivity index is 2.49. The molecule has 4 nitrogen and oxygen atoms in total. The van der Waals surface area contributed by atoms with Crippen molar-refractivity contribution in [3.8, 4) is 5.82 Å². The molecule has 88 valence electrons. The second kappa shape index (κ2) is 4.49. The van der Waals surface area contributed by atoms with E-state index < -0.39 is 0 Å². The Morgan fingerprint density at radius 1 is 1.35 bits per heavy atom. The van der Waals surface area contributed by atoms with E-state index in [-0.39, 0.29) is 5.78 Å². The number of pyridine rings is 1. The van der Waals surface area contributed by atoms with Gasteiger partial charge < -0.3 is 0 Å². The van der Waals surface area contributed by atoms with Crippen LogP contribution in [0.2, 0.25) is 0 Å². The summed E-state index contributed by atoms with van der Waals surface area (Å²) in [4.78, 5) is 15.7. The van der Waals surface area contributed by atoms with Crippen LogP contribution >= 0.6 is 0 Å². The highest BCUT2D eigenvalue weighted by Crippen LogP contribution is 2.15. The summed E-state index contributed by atoms with van der Waals surface area (Å²) >= 11 is 0. The lowest BCUT2D eigenvalue weighted by atomic mass is 10.1. The highest BCUT2D eigenvalue weighted by atomic mass is 16.1. The number of hydrogen-bond donors (Lipinski definition) is 0. The Hall–Kier alpha value is -1.97. The van der Waals surface area contributed by atoms with Crippen molar-refractivity contribution in [2.75, 3.05) is 0 Å². The minimum Gasteiger partial charge on any atom is -0.294 e. The molecule has 2 aromatic heterocycles. The quantitative estimate of drug-likeness (QED) is 0.760. The van der Waals surface area contributed by atoms with Gasteiger partial charge in [0, 0.05) is 12.4 Å². The van der Waals surface area contributed by atoms with Gasteiger partial charge in [-0.05, 0) is 31.0 Å². The maximum absolute atomic E-state index is 11.5. The minimum atomic E-state index is -0.00491. The second-order valence-corrected chi connectivity index (χ2v) is 4.27. The van der Waals surface area contributed by atoms with E-state index in [0.717, 1.165) is 5.69 Å². The first kappa shape index (κ1) is 11.5. The summed E-state index contributed by atoms with van der Waals surface area (Å²) in [7, 11) is 0. The Labute approximate surface area is 100 Å². The molecule has 17 heavy (non-hydrogen) atoms.